The molecule has 182 valence electrons. The molecular formula is C26H27FN4O3S. The fourth-order valence-electron chi connectivity index (χ4n) is 4.46. The van der Waals surface area contributed by atoms with Crippen LogP contribution in [0.3, 0.4) is 0 Å². The first-order chi connectivity index (χ1) is 17.0. The highest BCUT2D eigenvalue weighted by molar-refractivity contribution is 7.21. The largest absolute Gasteiger partial charge is 0.380 e. The van der Waals surface area contributed by atoms with Crippen molar-refractivity contribution >= 4 is 27.3 Å². The summed E-state index contributed by atoms with van der Waals surface area (Å²) in [6.07, 6.45) is 0. The quantitative estimate of drug-likeness (QED) is 0.373. The molecule has 4 aromatic rings. The average molecular weight is 495 g/mol. The van der Waals surface area contributed by atoms with Crippen molar-refractivity contribution in [2.24, 2.45) is 0 Å². The van der Waals surface area contributed by atoms with Crippen molar-refractivity contribution in [1.82, 2.24) is 19.9 Å². The van der Waals surface area contributed by atoms with Gasteiger partial charge in [0.05, 0.1) is 17.5 Å². The SMILES string of the molecule is COCc1c(C(=O)N2CCN(C(C)c3nc(-c4ccc(C)cc4)no3)CC2)sc2cccc(F)c12. The van der Waals surface area contributed by atoms with Gasteiger partial charge in [0.15, 0.2) is 0 Å². The molecule has 1 amide bonds. The molecule has 0 bridgehead atoms. The molecule has 5 rings (SSSR count). The van der Waals surface area contributed by atoms with Gasteiger partial charge < -0.3 is 14.2 Å². The molecule has 3 heterocycles. The van der Waals surface area contributed by atoms with Crippen molar-refractivity contribution in [2.75, 3.05) is 33.3 Å². The van der Waals surface area contributed by atoms with Crippen LogP contribution in [0.15, 0.2) is 47.0 Å². The highest BCUT2D eigenvalue weighted by atomic mass is 32.1. The van der Waals surface area contributed by atoms with Crippen molar-refractivity contribution in [3.05, 3.63) is 70.2 Å². The summed E-state index contributed by atoms with van der Waals surface area (Å²) in [5.41, 5.74) is 2.72. The second kappa shape index (κ2) is 9.85. The van der Waals surface area contributed by atoms with E-state index >= 15 is 0 Å². The number of thiophene rings is 1. The van der Waals surface area contributed by atoms with Gasteiger partial charge in [-0.25, -0.2) is 4.39 Å². The molecule has 2 aromatic carbocycles. The van der Waals surface area contributed by atoms with Gasteiger partial charge >= 0.3 is 0 Å². The zero-order chi connectivity index (χ0) is 24.5. The van der Waals surface area contributed by atoms with Crippen LogP contribution >= 0.6 is 11.3 Å². The minimum absolute atomic E-state index is 0.0681. The highest BCUT2D eigenvalue weighted by Crippen LogP contribution is 2.35. The third-order valence-corrected chi connectivity index (χ3v) is 7.69. The molecule has 2 aromatic heterocycles. The Balaban J connectivity index is 1.28. The van der Waals surface area contributed by atoms with E-state index in [4.69, 9.17) is 9.26 Å². The van der Waals surface area contributed by atoms with Crippen molar-refractivity contribution in [2.45, 2.75) is 26.5 Å². The molecule has 1 saturated heterocycles. The lowest BCUT2D eigenvalue weighted by atomic mass is 10.1. The normalized spacial score (nSPS) is 15.6. The molecule has 1 atom stereocenters. The molecule has 0 radical (unpaired) electrons. The number of halogens is 1. The van der Waals surface area contributed by atoms with Gasteiger partial charge in [0.2, 0.25) is 11.7 Å². The minimum atomic E-state index is -0.326. The first kappa shape index (κ1) is 23.6. The van der Waals surface area contributed by atoms with E-state index in [-0.39, 0.29) is 24.4 Å². The lowest BCUT2D eigenvalue weighted by molar-refractivity contribution is 0.0553. The van der Waals surface area contributed by atoms with Crippen molar-refractivity contribution in [3.8, 4) is 11.4 Å². The van der Waals surface area contributed by atoms with Gasteiger partial charge in [-0.15, -0.1) is 11.3 Å². The summed E-state index contributed by atoms with van der Waals surface area (Å²) in [6, 6.07) is 12.9. The van der Waals surface area contributed by atoms with Crippen LogP contribution in [0.4, 0.5) is 4.39 Å². The Bertz CT molecular complexity index is 1340. The number of nitrogens with zero attached hydrogens (tertiary/aromatic N) is 4. The summed E-state index contributed by atoms with van der Waals surface area (Å²) in [5.74, 6) is 0.725. The first-order valence-electron chi connectivity index (χ1n) is 11.6. The smallest absolute Gasteiger partial charge is 0.264 e. The van der Waals surface area contributed by atoms with Crippen molar-refractivity contribution < 1.29 is 18.4 Å². The fourth-order valence-corrected chi connectivity index (χ4v) is 5.65. The van der Waals surface area contributed by atoms with Crippen LogP contribution < -0.4 is 0 Å². The van der Waals surface area contributed by atoms with E-state index in [0.29, 0.717) is 53.7 Å². The first-order valence-corrected chi connectivity index (χ1v) is 12.4. The van der Waals surface area contributed by atoms with Crippen LogP contribution in [0.25, 0.3) is 21.5 Å². The van der Waals surface area contributed by atoms with Crippen LogP contribution in [0, 0.1) is 12.7 Å². The zero-order valence-corrected chi connectivity index (χ0v) is 20.8. The molecule has 1 aliphatic rings. The average Bonchev–Trinajstić information content (AvgIpc) is 3.50. The Kier molecular flexibility index (Phi) is 6.64. The molecule has 0 spiro atoms. The van der Waals surface area contributed by atoms with Gasteiger partial charge in [0, 0.05) is 54.5 Å². The molecule has 0 aliphatic carbocycles. The van der Waals surface area contributed by atoms with Crippen LogP contribution in [-0.2, 0) is 11.3 Å². The summed E-state index contributed by atoms with van der Waals surface area (Å²) in [7, 11) is 1.56. The Morgan fingerprint density at radius 2 is 1.91 bits per heavy atom. The van der Waals surface area contributed by atoms with Crippen LogP contribution in [-0.4, -0.2) is 59.1 Å². The van der Waals surface area contributed by atoms with Gasteiger partial charge in [-0.05, 0) is 26.0 Å². The molecule has 0 N–H and O–H groups in total. The number of benzene rings is 2. The summed E-state index contributed by atoms with van der Waals surface area (Å²) in [4.78, 5) is 22.6. The van der Waals surface area contributed by atoms with E-state index in [0.717, 1.165) is 10.3 Å². The molecule has 0 saturated carbocycles. The van der Waals surface area contributed by atoms with E-state index in [1.807, 2.05) is 49.1 Å². The topological polar surface area (TPSA) is 71.7 Å². The summed E-state index contributed by atoms with van der Waals surface area (Å²) < 4.78 is 26.1. The van der Waals surface area contributed by atoms with E-state index in [1.54, 1.807) is 13.2 Å². The standard InChI is InChI=1S/C26H27FN4O3S/c1-16-7-9-18(10-8-16)24-28-25(34-29-24)17(2)30-11-13-31(14-12-30)26(32)23-19(15-33-3)22-20(27)5-4-6-21(22)35-23/h4-10,17H,11-15H2,1-3H3. The van der Waals surface area contributed by atoms with Crippen molar-refractivity contribution in [1.29, 1.82) is 0 Å². The predicted octanol–water partition coefficient (Wildman–Crippen LogP) is 5.06. The fraction of sp³-hybridized carbons (Fsp3) is 0.346. The van der Waals surface area contributed by atoms with E-state index in [9.17, 15) is 9.18 Å². The second-order valence-electron chi connectivity index (χ2n) is 8.78. The Morgan fingerprint density at radius 3 is 2.63 bits per heavy atom. The minimum Gasteiger partial charge on any atom is -0.380 e. The van der Waals surface area contributed by atoms with Gasteiger partial charge in [-0.2, -0.15) is 4.98 Å². The third-order valence-electron chi connectivity index (χ3n) is 6.50. The number of ether oxygens (including phenoxy) is 1. The molecule has 1 aliphatic heterocycles. The lowest BCUT2D eigenvalue weighted by Crippen LogP contribution is -2.49. The van der Waals surface area contributed by atoms with E-state index in [2.05, 4.69) is 15.0 Å². The zero-order valence-electron chi connectivity index (χ0n) is 20.0. The number of aromatic nitrogens is 2. The predicted molar refractivity (Wildman–Crippen MR) is 133 cm³/mol. The third kappa shape index (κ3) is 4.59. The number of rotatable bonds is 6. The number of carbonyl (C=O) groups excluding carboxylic acids is 1. The monoisotopic (exact) mass is 494 g/mol. The maximum absolute atomic E-state index is 14.5. The number of hydrogen-bond donors (Lipinski definition) is 0. The summed E-state index contributed by atoms with van der Waals surface area (Å²) >= 11 is 1.33. The Hall–Kier alpha value is -3.14. The molecule has 7 nitrogen and oxygen atoms in total. The Labute approximate surface area is 207 Å². The van der Waals surface area contributed by atoms with E-state index < -0.39 is 0 Å². The molecule has 9 heteroatoms. The van der Waals surface area contributed by atoms with Gasteiger partial charge in [-0.3, -0.25) is 9.69 Å². The van der Waals surface area contributed by atoms with Crippen molar-refractivity contribution in [3.63, 3.8) is 0 Å². The van der Waals surface area contributed by atoms with E-state index in [1.165, 1.54) is 23.0 Å². The molecular weight excluding hydrogens is 467 g/mol. The number of amides is 1. The molecule has 1 unspecified atom stereocenters. The van der Waals surface area contributed by atoms with Gasteiger partial charge in [-0.1, -0.05) is 41.1 Å². The van der Waals surface area contributed by atoms with Crippen LogP contribution in [0.1, 0.15) is 39.7 Å². The molecule has 35 heavy (non-hydrogen) atoms. The number of aryl methyl sites for hydroxylation is 1. The second-order valence-corrected chi connectivity index (χ2v) is 9.83. The number of fused-ring (bicyclic) bond motifs is 1. The maximum atomic E-state index is 14.5. The lowest BCUT2D eigenvalue weighted by Gasteiger charge is -2.36. The van der Waals surface area contributed by atoms with Gasteiger partial charge in [0.1, 0.15) is 5.82 Å². The number of carbonyl (C=O) groups is 1. The number of piperazine rings is 1. The summed E-state index contributed by atoms with van der Waals surface area (Å²) in [6.45, 7) is 6.74. The Morgan fingerprint density at radius 1 is 1.17 bits per heavy atom. The molecule has 1 fully saturated rings. The van der Waals surface area contributed by atoms with Crippen LogP contribution in [0.2, 0.25) is 0 Å². The maximum Gasteiger partial charge on any atom is 0.264 e. The van der Waals surface area contributed by atoms with Crippen LogP contribution in [0.5, 0.6) is 0 Å². The number of methoxy groups -OCH3 is 1. The number of hydrogen-bond acceptors (Lipinski definition) is 7. The highest BCUT2D eigenvalue weighted by Gasteiger charge is 2.30. The summed E-state index contributed by atoms with van der Waals surface area (Å²) in [5, 5.41) is 4.63. The van der Waals surface area contributed by atoms with Gasteiger partial charge in [0.25, 0.3) is 5.91 Å².